The van der Waals surface area contributed by atoms with E-state index in [4.69, 9.17) is 28.4 Å². The van der Waals surface area contributed by atoms with E-state index < -0.39 is 7.75 Å². The zero-order valence-electron chi connectivity index (χ0n) is 3.36. The average Bonchev–Trinajstić information content (AvgIpc) is 1.67. The monoisotopic (exact) mass is 197 g/mol. The van der Waals surface area contributed by atoms with Crippen LogP contribution >= 0.6 is 44.2 Å². The van der Waals surface area contributed by atoms with Gasteiger partial charge in [0.2, 0.25) is 0 Å². The zero-order chi connectivity index (χ0) is 6.78. The number of nitrogens with zero attached hydrogens (tertiary/aromatic N) is 1. The molecule has 0 aromatic rings. The van der Waals surface area contributed by atoms with Gasteiger partial charge in [0.1, 0.15) is 0 Å². The quantitative estimate of drug-likeness (QED) is 0.306. The molecule has 0 heterocycles. The molecule has 0 rings (SSSR count). The van der Waals surface area contributed by atoms with E-state index in [9.17, 15) is 4.57 Å². The molecule has 0 spiro atoms. The molecule has 0 amide bonds. The number of rotatable bonds is 2. The van der Waals surface area contributed by atoms with Crippen LogP contribution in [0.2, 0.25) is 0 Å². The summed E-state index contributed by atoms with van der Waals surface area (Å²) in [5.74, 6) is 0. The van der Waals surface area contributed by atoms with Gasteiger partial charge in [0.05, 0.1) is 0 Å². The largest absolute Gasteiger partial charge is 0.445 e. The standard InChI is InChI=1S/Cl2H2NO3PS/c1-3(2)7(4,5)6-8/h8H,(H,4,5). The van der Waals surface area contributed by atoms with E-state index in [1.54, 1.807) is 0 Å². The van der Waals surface area contributed by atoms with Crippen LogP contribution in [0.3, 0.4) is 0 Å². The first-order valence-corrected chi connectivity index (χ1v) is 3.86. The molecule has 0 aromatic heterocycles. The Labute approximate surface area is 61.8 Å². The van der Waals surface area contributed by atoms with Gasteiger partial charge in [0, 0.05) is 23.6 Å². The van der Waals surface area contributed by atoms with Crippen LogP contribution in [-0.4, -0.2) is 8.60 Å². The summed E-state index contributed by atoms with van der Waals surface area (Å²) >= 11 is 12.6. The molecule has 8 heteroatoms. The summed E-state index contributed by atoms with van der Waals surface area (Å²) in [6, 6.07) is 0. The zero-order valence-corrected chi connectivity index (χ0v) is 6.66. The molecular weight excluding hydrogens is 196 g/mol. The van der Waals surface area contributed by atoms with Crippen LogP contribution in [0.5, 0.6) is 0 Å². The Morgan fingerprint density at radius 1 is 1.75 bits per heavy atom. The van der Waals surface area contributed by atoms with E-state index in [1.165, 1.54) is 0 Å². The summed E-state index contributed by atoms with van der Waals surface area (Å²) in [5.41, 5.74) is 0. The van der Waals surface area contributed by atoms with E-state index in [-0.39, 0.29) is 3.71 Å². The maximum atomic E-state index is 10.2. The minimum atomic E-state index is -4.02. The highest BCUT2D eigenvalue weighted by Crippen LogP contribution is 2.50. The maximum Gasteiger partial charge on any atom is 0.445 e. The fourth-order valence-corrected chi connectivity index (χ4v) is 0.745. The van der Waals surface area contributed by atoms with Gasteiger partial charge < -0.3 is 4.89 Å². The molecule has 1 N–H and O–H groups in total. The first kappa shape index (κ1) is 9.04. The fourth-order valence-electron chi connectivity index (χ4n) is 0.0276. The molecule has 0 radical (unpaired) electrons. The minimum absolute atomic E-state index is 0.000000000000000222. The summed E-state index contributed by atoms with van der Waals surface area (Å²) in [5, 5.41) is 0. The van der Waals surface area contributed by atoms with Crippen LogP contribution in [0.15, 0.2) is 0 Å². The third kappa shape index (κ3) is 2.55. The van der Waals surface area contributed by atoms with Crippen molar-refractivity contribution in [3.8, 4) is 0 Å². The number of hydrogen-bond acceptors (Lipinski definition) is 3. The molecule has 0 aromatic carbocycles. The van der Waals surface area contributed by atoms with Gasteiger partial charge in [0.15, 0.2) is 0 Å². The Morgan fingerprint density at radius 3 is 2.12 bits per heavy atom. The second kappa shape index (κ2) is 3.27. The van der Waals surface area contributed by atoms with Crippen molar-refractivity contribution in [2.45, 2.75) is 0 Å². The molecule has 0 aliphatic carbocycles. The molecule has 0 saturated carbocycles. The Kier molecular flexibility index (Phi) is 3.69. The van der Waals surface area contributed by atoms with E-state index in [0.29, 0.717) is 0 Å². The molecule has 50 valence electrons. The average molecular weight is 198 g/mol. The summed E-state index contributed by atoms with van der Waals surface area (Å²) in [4.78, 5) is 8.32. The van der Waals surface area contributed by atoms with Gasteiger partial charge in [-0.05, 0) is 16.6 Å². The van der Waals surface area contributed by atoms with Crippen LogP contribution in [0.25, 0.3) is 0 Å². The predicted octanol–water partition coefficient (Wildman–Crippen LogP) is 1.56. The fraction of sp³-hybridized carbons (Fsp3) is 0. The summed E-state index contributed by atoms with van der Waals surface area (Å²) in [6.07, 6.45) is 0. The molecular formula is H2Cl2NO3PS. The molecule has 0 aliphatic rings. The Balaban J connectivity index is 3.93. The van der Waals surface area contributed by atoms with Gasteiger partial charge in [-0.3, -0.25) is 0 Å². The molecule has 1 unspecified atom stereocenters. The van der Waals surface area contributed by atoms with Gasteiger partial charge >= 0.3 is 7.75 Å². The van der Waals surface area contributed by atoms with Crippen LogP contribution < -0.4 is 0 Å². The van der Waals surface area contributed by atoms with Crippen molar-refractivity contribution in [2.24, 2.45) is 0 Å². The number of halogens is 2. The Morgan fingerprint density at radius 2 is 2.12 bits per heavy atom. The Hall–Kier alpha value is 1.04. The second-order valence-corrected chi connectivity index (χ2v) is 4.14. The lowest BCUT2D eigenvalue weighted by molar-refractivity contribution is 0.380. The lowest BCUT2D eigenvalue weighted by Crippen LogP contribution is -1.92. The first-order valence-electron chi connectivity index (χ1n) is 1.29. The van der Waals surface area contributed by atoms with Gasteiger partial charge in [0.25, 0.3) is 0 Å². The highest BCUT2D eigenvalue weighted by Gasteiger charge is 2.25. The number of thiol groups is 1. The van der Waals surface area contributed by atoms with Gasteiger partial charge in [-0.15, -0.1) is 0 Å². The first-order chi connectivity index (χ1) is 3.50. The third-order valence-electron chi connectivity index (χ3n) is 0.297. The van der Waals surface area contributed by atoms with Crippen molar-refractivity contribution in [3.05, 3.63) is 0 Å². The lowest BCUT2D eigenvalue weighted by Gasteiger charge is -2.07. The molecule has 0 fully saturated rings. The molecule has 8 heavy (non-hydrogen) atoms. The van der Waals surface area contributed by atoms with Crippen LogP contribution in [0, 0.1) is 0 Å². The highest BCUT2D eigenvalue weighted by atomic mass is 35.5. The molecule has 0 bridgehead atoms. The maximum absolute atomic E-state index is 10.2. The summed E-state index contributed by atoms with van der Waals surface area (Å²) in [7, 11) is -4.02. The van der Waals surface area contributed by atoms with Gasteiger partial charge in [-0.2, -0.15) is 0 Å². The van der Waals surface area contributed by atoms with E-state index in [0.717, 1.165) is 0 Å². The summed E-state index contributed by atoms with van der Waals surface area (Å²) in [6.45, 7) is 0. The van der Waals surface area contributed by atoms with E-state index >= 15 is 0 Å². The number of hydrogen-bond donors (Lipinski definition) is 2. The lowest BCUT2D eigenvalue weighted by atomic mass is 13.9. The predicted molar refractivity (Wildman–Crippen MR) is 33.4 cm³/mol. The van der Waals surface area contributed by atoms with Crippen molar-refractivity contribution >= 4 is 44.2 Å². The van der Waals surface area contributed by atoms with Gasteiger partial charge in [-0.25, -0.2) is 8.54 Å². The van der Waals surface area contributed by atoms with Crippen molar-refractivity contribution in [2.75, 3.05) is 0 Å². The second-order valence-electron chi connectivity index (χ2n) is 0.787. The smallest absolute Gasteiger partial charge is 0.310 e. The third-order valence-corrected chi connectivity index (χ3v) is 2.68. The molecule has 4 nitrogen and oxygen atoms in total. The SMILES string of the molecule is O=P(O)(OS)N(Cl)Cl. The van der Waals surface area contributed by atoms with Crippen molar-refractivity contribution in [1.82, 2.24) is 3.71 Å². The van der Waals surface area contributed by atoms with Crippen LogP contribution in [0.1, 0.15) is 0 Å². The van der Waals surface area contributed by atoms with Crippen LogP contribution in [-0.2, 0) is 8.54 Å². The van der Waals surface area contributed by atoms with Crippen LogP contribution in [0.4, 0.5) is 0 Å². The van der Waals surface area contributed by atoms with Crippen molar-refractivity contribution in [3.63, 3.8) is 0 Å². The highest BCUT2D eigenvalue weighted by molar-refractivity contribution is 7.81. The van der Waals surface area contributed by atoms with Crippen molar-refractivity contribution < 1.29 is 13.4 Å². The molecule has 0 aliphatic heterocycles. The topological polar surface area (TPSA) is 49.8 Å². The molecule has 1 atom stereocenters. The minimum Gasteiger partial charge on any atom is -0.310 e. The normalized spacial score (nSPS) is 18.6. The van der Waals surface area contributed by atoms with E-state index in [1.807, 2.05) is 0 Å². The summed E-state index contributed by atoms with van der Waals surface area (Å²) < 4.78 is 13.9. The van der Waals surface area contributed by atoms with Crippen molar-refractivity contribution in [1.29, 1.82) is 0 Å². The Bertz CT molecular complexity index is 116. The van der Waals surface area contributed by atoms with Gasteiger partial charge in [-0.1, -0.05) is 0 Å². The van der Waals surface area contributed by atoms with E-state index in [2.05, 4.69) is 16.9 Å². The molecule has 0 saturated heterocycles.